The maximum absolute atomic E-state index is 5.43. The minimum Gasteiger partial charge on any atom is -0.0898 e. The molecular weight excluding hydrogens is 187 g/mol. The lowest BCUT2D eigenvalue weighted by molar-refractivity contribution is 1.26. The molecule has 0 aliphatic carbocycles. The number of hydrogen-bond acceptors (Lipinski definition) is 0. The number of halogens is 2. The number of allylic oxidation sites excluding steroid dienone is 2. The lowest BCUT2D eigenvalue weighted by Gasteiger charge is -1.91. The lowest BCUT2D eigenvalue weighted by atomic mass is 10.3. The zero-order valence-electron chi connectivity index (χ0n) is 4.45. The molecule has 0 aliphatic heterocycles. The third kappa shape index (κ3) is 6.25. The molecule has 0 aromatic carbocycles. The van der Waals surface area contributed by atoms with Gasteiger partial charge in [-0.25, -0.2) is 0 Å². The van der Waals surface area contributed by atoms with Crippen molar-refractivity contribution in [3.05, 3.63) is 29.1 Å². The molecule has 0 amide bonds. The molecule has 0 aliphatic rings. The number of hydrogen-bond donors (Lipinski definition) is 0. The van der Waals surface area contributed by atoms with Crippen LogP contribution in [0.5, 0.6) is 0 Å². The Bertz CT molecular complexity index is 93.1. The Morgan fingerprint density at radius 3 is 2.25 bits per heavy atom. The molecule has 0 rings (SSSR count). The predicted molar refractivity (Wildman–Crippen MR) is 42.0 cm³/mol. The van der Waals surface area contributed by atoms with Crippen LogP contribution in [-0.2, 0) is 0 Å². The molecule has 0 saturated heterocycles. The second-order valence-electron chi connectivity index (χ2n) is 1.37. The van der Waals surface area contributed by atoms with Crippen LogP contribution in [0.15, 0.2) is 22.7 Å². The summed E-state index contributed by atoms with van der Waals surface area (Å²) in [5.74, 6) is 0. The first-order valence-corrected chi connectivity index (χ1v) is 3.31. The molecule has 0 atom stereocenters. The largest absolute Gasteiger partial charge is 0.0898 e. The van der Waals surface area contributed by atoms with Gasteiger partial charge in [-0.1, -0.05) is 40.7 Å². The van der Waals surface area contributed by atoms with Crippen LogP contribution < -0.4 is 0 Å². The molecule has 2 heteroatoms. The standard InChI is InChI=1S/C6H7BrCl/c1-5(7)3-4-6(2)8/h3H,1-2,4H2. The second-order valence-corrected chi connectivity index (χ2v) is 2.93. The van der Waals surface area contributed by atoms with Gasteiger partial charge in [0, 0.05) is 11.5 Å². The molecule has 0 fully saturated rings. The van der Waals surface area contributed by atoms with Gasteiger partial charge in [0.1, 0.15) is 0 Å². The van der Waals surface area contributed by atoms with Gasteiger partial charge in [-0.3, -0.25) is 0 Å². The van der Waals surface area contributed by atoms with Crippen LogP contribution in [0, 0.1) is 6.42 Å². The van der Waals surface area contributed by atoms with Crippen LogP contribution in [0.3, 0.4) is 0 Å². The molecule has 0 nitrogen and oxygen atoms in total. The maximum atomic E-state index is 5.43. The molecule has 1 radical (unpaired) electrons. The molecule has 0 aromatic rings. The van der Waals surface area contributed by atoms with Gasteiger partial charge in [0.15, 0.2) is 0 Å². The molecule has 0 heterocycles. The number of rotatable bonds is 3. The van der Waals surface area contributed by atoms with Crippen molar-refractivity contribution < 1.29 is 0 Å². The second kappa shape index (κ2) is 4.16. The molecular formula is C6H7BrCl. The minimum atomic E-state index is 0.630. The van der Waals surface area contributed by atoms with E-state index in [1.807, 2.05) is 6.42 Å². The summed E-state index contributed by atoms with van der Waals surface area (Å²) in [6.07, 6.45) is 2.54. The van der Waals surface area contributed by atoms with Gasteiger partial charge >= 0.3 is 0 Å². The van der Waals surface area contributed by atoms with E-state index in [0.717, 1.165) is 4.48 Å². The molecule has 0 unspecified atom stereocenters. The molecule has 8 heavy (non-hydrogen) atoms. The molecule has 0 aromatic heterocycles. The zero-order chi connectivity index (χ0) is 6.57. The van der Waals surface area contributed by atoms with Crippen LogP contribution in [0.25, 0.3) is 0 Å². The van der Waals surface area contributed by atoms with Gasteiger partial charge in [-0.05, 0) is 10.9 Å². The fraction of sp³-hybridized carbons (Fsp3) is 0.167. The van der Waals surface area contributed by atoms with Gasteiger partial charge in [0.2, 0.25) is 0 Å². The van der Waals surface area contributed by atoms with E-state index in [9.17, 15) is 0 Å². The van der Waals surface area contributed by atoms with Crippen molar-refractivity contribution in [1.82, 2.24) is 0 Å². The van der Waals surface area contributed by atoms with Crippen LogP contribution in [0.1, 0.15) is 6.42 Å². The Hall–Kier alpha value is 0.250. The highest BCUT2D eigenvalue weighted by atomic mass is 79.9. The summed E-state index contributed by atoms with van der Waals surface area (Å²) in [5, 5.41) is 0.630. The lowest BCUT2D eigenvalue weighted by Crippen LogP contribution is -1.72. The van der Waals surface area contributed by atoms with E-state index < -0.39 is 0 Å². The summed E-state index contributed by atoms with van der Waals surface area (Å²) < 4.78 is 0.847. The predicted octanol–water partition coefficient (Wildman–Crippen LogP) is 3.24. The van der Waals surface area contributed by atoms with Gasteiger partial charge < -0.3 is 0 Å². The Morgan fingerprint density at radius 1 is 1.62 bits per heavy atom. The minimum absolute atomic E-state index is 0.630. The van der Waals surface area contributed by atoms with Crippen LogP contribution in [0.2, 0.25) is 0 Å². The Kier molecular flexibility index (Phi) is 4.29. The average Bonchev–Trinajstić information content (AvgIpc) is 1.61. The Morgan fingerprint density at radius 2 is 2.12 bits per heavy atom. The maximum Gasteiger partial charge on any atom is 0.0115 e. The molecule has 0 bridgehead atoms. The van der Waals surface area contributed by atoms with Crippen LogP contribution >= 0.6 is 27.5 Å². The quantitative estimate of drug-likeness (QED) is 0.647. The van der Waals surface area contributed by atoms with Crippen molar-refractivity contribution in [1.29, 1.82) is 0 Å². The Balaban J connectivity index is 3.18. The van der Waals surface area contributed by atoms with Crippen molar-refractivity contribution in [2.45, 2.75) is 6.42 Å². The van der Waals surface area contributed by atoms with Crippen LogP contribution in [-0.4, -0.2) is 0 Å². The van der Waals surface area contributed by atoms with Crippen molar-refractivity contribution >= 4 is 27.5 Å². The summed E-state index contributed by atoms with van der Waals surface area (Å²) >= 11 is 8.59. The molecule has 0 spiro atoms. The van der Waals surface area contributed by atoms with E-state index in [1.165, 1.54) is 0 Å². The van der Waals surface area contributed by atoms with Crippen molar-refractivity contribution in [2.24, 2.45) is 0 Å². The summed E-state index contributed by atoms with van der Waals surface area (Å²) in [5.41, 5.74) is 0. The van der Waals surface area contributed by atoms with E-state index in [2.05, 4.69) is 29.1 Å². The van der Waals surface area contributed by atoms with E-state index in [-0.39, 0.29) is 0 Å². The molecule has 0 N–H and O–H groups in total. The third-order valence-electron chi connectivity index (χ3n) is 0.545. The van der Waals surface area contributed by atoms with Crippen molar-refractivity contribution in [2.75, 3.05) is 0 Å². The first-order chi connectivity index (χ1) is 3.63. The van der Waals surface area contributed by atoms with Gasteiger partial charge in [-0.15, -0.1) is 0 Å². The van der Waals surface area contributed by atoms with E-state index in [4.69, 9.17) is 11.6 Å². The fourth-order valence-corrected chi connectivity index (χ4v) is 0.461. The van der Waals surface area contributed by atoms with Gasteiger partial charge in [0.05, 0.1) is 0 Å². The monoisotopic (exact) mass is 193 g/mol. The summed E-state index contributed by atoms with van der Waals surface area (Å²) in [6, 6.07) is 0. The first-order valence-electron chi connectivity index (χ1n) is 2.14. The van der Waals surface area contributed by atoms with Crippen molar-refractivity contribution in [3.63, 3.8) is 0 Å². The van der Waals surface area contributed by atoms with Gasteiger partial charge in [-0.2, -0.15) is 0 Å². The van der Waals surface area contributed by atoms with Gasteiger partial charge in [0.25, 0.3) is 0 Å². The normalized spacial score (nSPS) is 8.75. The molecule has 0 saturated carbocycles. The fourth-order valence-electron chi connectivity index (χ4n) is 0.221. The van der Waals surface area contributed by atoms with Crippen molar-refractivity contribution in [3.8, 4) is 0 Å². The SMILES string of the molecule is C=C(Br)[CH]CC(=C)Cl. The first kappa shape index (κ1) is 8.25. The average molecular weight is 194 g/mol. The summed E-state index contributed by atoms with van der Waals surface area (Å²) in [6.45, 7) is 7.09. The highest BCUT2D eigenvalue weighted by Crippen LogP contribution is 2.13. The Labute approximate surface area is 63.4 Å². The summed E-state index contributed by atoms with van der Waals surface area (Å²) in [4.78, 5) is 0. The topological polar surface area (TPSA) is 0 Å². The third-order valence-corrected chi connectivity index (χ3v) is 1.02. The smallest absolute Gasteiger partial charge is 0.0115 e. The zero-order valence-corrected chi connectivity index (χ0v) is 6.80. The van der Waals surface area contributed by atoms with E-state index in [0.29, 0.717) is 11.5 Å². The van der Waals surface area contributed by atoms with Crippen LogP contribution in [0.4, 0.5) is 0 Å². The summed E-state index contributed by atoms with van der Waals surface area (Å²) in [7, 11) is 0. The van der Waals surface area contributed by atoms with E-state index >= 15 is 0 Å². The highest BCUT2D eigenvalue weighted by molar-refractivity contribution is 9.11. The molecule has 45 valence electrons. The van der Waals surface area contributed by atoms with E-state index in [1.54, 1.807) is 0 Å². The highest BCUT2D eigenvalue weighted by Gasteiger charge is 1.89.